The molecule has 8 aliphatic carbocycles. The van der Waals surface area contributed by atoms with Crippen LogP contribution in [-0.4, -0.2) is 10.3 Å². The quantitative estimate of drug-likeness (QED) is 0.309. The van der Waals surface area contributed by atoms with Crippen LogP contribution in [0.1, 0.15) is 141 Å². The zero-order valence-corrected chi connectivity index (χ0v) is 27.4. The van der Waals surface area contributed by atoms with Crippen molar-refractivity contribution in [3.8, 4) is 0 Å². The van der Waals surface area contributed by atoms with E-state index in [0.29, 0.717) is 21.1 Å². The molecule has 0 saturated heterocycles. The second-order valence-corrected chi connectivity index (χ2v) is 22.6. The highest BCUT2D eigenvalue weighted by Crippen LogP contribution is 2.73. The summed E-state index contributed by atoms with van der Waals surface area (Å²) in [5, 5.41) is 0.813. The Morgan fingerprint density at radius 1 is 0.526 bits per heavy atom. The summed E-state index contributed by atoms with van der Waals surface area (Å²) >= 11 is 0. The van der Waals surface area contributed by atoms with Crippen LogP contribution in [0.4, 0.5) is 0 Å². The van der Waals surface area contributed by atoms with Crippen molar-refractivity contribution in [3.63, 3.8) is 0 Å². The third-order valence-electron chi connectivity index (χ3n) is 12.2. The molecule has 8 saturated carbocycles. The standard InChI is InChI=1S/C36H56P2/c1-33(2,3)37-31(35-17-23-11-24(18-35)13-25(12-23)19-35)29-9-7-8-10-30(29)32(38-34(4,5)6)36-20-26-14-27(21-36)16-28(15-26)22-36/h7-10,23-28,31-32,37-38H,11-22H2,1-6H3. The molecule has 8 fully saturated rings. The average Bonchev–Trinajstić information content (AvgIpc) is 2.78. The first kappa shape index (κ1) is 26.9. The number of hydrogen-bond acceptors (Lipinski definition) is 0. The van der Waals surface area contributed by atoms with E-state index in [1.165, 1.54) is 0 Å². The minimum absolute atomic E-state index is 0.406. The fraction of sp³-hybridized carbons (Fsp3) is 0.833. The van der Waals surface area contributed by atoms with Crippen LogP contribution in [0.2, 0.25) is 0 Å². The second-order valence-electron chi connectivity index (χ2n) is 17.8. The molecule has 0 heterocycles. The molecule has 4 atom stereocenters. The van der Waals surface area contributed by atoms with Crippen molar-refractivity contribution in [3.05, 3.63) is 35.4 Å². The van der Waals surface area contributed by atoms with E-state index in [0.717, 1.165) is 64.0 Å². The highest BCUT2D eigenvalue weighted by molar-refractivity contribution is 7.41. The SMILES string of the molecule is CC(C)(C)PC(c1ccccc1C(PC(C)(C)C)C12CC3CC(CC(C3)C1)C2)C12CC3CC(CC(C3)C1)C2. The van der Waals surface area contributed by atoms with Crippen LogP contribution in [0.25, 0.3) is 0 Å². The van der Waals surface area contributed by atoms with Gasteiger partial charge in [0.2, 0.25) is 0 Å². The van der Waals surface area contributed by atoms with Crippen molar-refractivity contribution in [1.29, 1.82) is 0 Å². The first-order valence-electron chi connectivity index (χ1n) is 16.5. The van der Waals surface area contributed by atoms with Gasteiger partial charge in [0.1, 0.15) is 0 Å². The molecule has 210 valence electrons. The molecular weight excluding hydrogens is 494 g/mol. The minimum Gasteiger partial charge on any atom is -0.108 e. The Kier molecular flexibility index (Phi) is 6.59. The molecule has 38 heavy (non-hydrogen) atoms. The van der Waals surface area contributed by atoms with E-state index >= 15 is 0 Å². The summed E-state index contributed by atoms with van der Waals surface area (Å²) in [6, 6.07) is 10.2. The van der Waals surface area contributed by atoms with E-state index in [2.05, 4.69) is 65.8 Å². The largest absolute Gasteiger partial charge is 0.108 e. The maximum atomic E-state index is 2.68. The van der Waals surface area contributed by atoms with E-state index in [4.69, 9.17) is 0 Å². The van der Waals surface area contributed by atoms with E-state index in [9.17, 15) is 0 Å². The molecule has 0 N–H and O–H groups in total. The van der Waals surface area contributed by atoms with Gasteiger partial charge in [-0.15, -0.1) is 17.2 Å². The molecule has 0 radical (unpaired) electrons. The van der Waals surface area contributed by atoms with Crippen LogP contribution in [0.3, 0.4) is 0 Å². The Labute approximate surface area is 238 Å². The van der Waals surface area contributed by atoms with Gasteiger partial charge < -0.3 is 0 Å². The van der Waals surface area contributed by atoms with Crippen molar-refractivity contribution in [2.75, 3.05) is 0 Å². The van der Waals surface area contributed by atoms with Gasteiger partial charge in [-0.05, 0) is 145 Å². The molecule has 0 nitrogen and oxygen atoms in total. The van der Waals surface area contributed by atoms with Gasteiger partial charge in [-0.1, -0.05) is 65.8 Å². The Bertz CT molecular complexity index is 885. The van der Waals surface area contributed by atoms with Crippen LogP contribution < -0.4 is 0 Å². The number of benzene rings is 1. The monoisotopic (exact) mass is 550 g/mol. The smallest absolute Gasteiger partial charge is 0.00785 e. The lowest BCUT2D eigenvalue weighted by Gasteiger charge is -2.62. The van der Waals surface area contributed by atoms with Gasteiger partial charge in [0, 0.05) is 11.3 Å². The van der Waals surface area contributed by atoms with Crippen molar-refractivity contribution in [1.82, 2.24) is 0 Å². The summed E-state index contributed by atoms with van der Waals surface area (Å²) in [5.74, 6) is 6.23. The number of hydrogen-bond donors (Lipinski definition) is 0. The lowest BCUT2D eigenvalue weighted by atomic mass is 9.47. The molecule has 4 unspecified atom stereocenters. The van der Waals surface area contributed by atoms with Gasteiger partial charge in [0.05, 0.1) is 0 Å². The highest BCUT2D eigenvalue weighted by atomic mass is 31.1. The summed E-state index contributed by atoms with van der Waals surface area (Å²) in [4.78, 5) is 0. The molecule has 8 aliphatic rings. The molecule has 2 heteroatoms. The first-order valence-corrected chi connectivity index (χ1v) is 18.7. The first-order chi connectivity index (χ1) is 17.9. The molecule has 1 aromatic carbocycles. The fourth-order valence-corrected chi connectivity index (χ4v) is 16.0. The molecule has 1 aromatic rings. The Balaban J connectivity index is 1.34. The summed E-state index contributed by atoms with van der Waals surface area (Å²) in [6.07, 6.45) is 18.7. The van der Waals surface area contributed by atoms with Crippen LogP contribution in [0.15, 0.2) is 24.3 Å². The summed E-state index contributed by atoms with van der Waals surface area (Å²) < 4.78 is 0. The predicted molar refractivity (Wildman–Crippen MR) is 169 cm³/mol. The normalized spacial score (nSPS) is 43.6. The van der Waals surface area contributed by atoms with E-state index in [-0.39, 0.29) is 0 Å². The second kappa shape index (κ2) is 9.29. The van der Waals surface area contributed by atoms with Crippen molar-refractivity contribution < 1.29 is 0 Å². The molecule has 0 aromatic heterocycles. The van der Waals surface area contributed by atoms with E-state index < -0.39 is 0 Å². The van der Waals surface area contributed by atoms with Gasteiger partial charge in [-0.3, -0.25) is 0 Å². The van der Waals surface area contributed by atoms with Crippen molar-refractivity contribution in [2.24, 2.45) is 46.3 Å². The van der Waals surface area contributed by atoms with Crippen molar-refractivity contribution >= 4 is 17.2 Å². The maximum Gasteiger partial charge on any atom is 0.00785 e. The predicted octanol–water partition coefficient (Wildman–Crippen LogP) is 11.2. The summed E-state index contributed by atoms with van der Waals surface area (Å²) in [7, 11) is 2.09. The van der Waals surface area contributed by atoms with Crippen LogP contribution in [0.5, 0.6) is 0 Å². The van der Waals surface area contributed by atoms with Crippen molar-refractivity contribution in [2.45, 2.75) is 140 Å². The minimum atomic E-state index is 0.406. The maximum absolute atomic E-state index is 2.68. The topological polar surface area (TPSA) is 0 Å². The van der Waals surface area contributed by atoms with Crippen LogP contribution >= 0.6 is 17.2 Å². The van der Waals surface area contributed by atoms with Gasteiger partial charge in [-0.2, -0.15) is 0 Å². The van der Waals surface area contributed by atoms with E-state index in [1.807, 2.05) is 11.1 Å². The fourth-order valence-electron chi connectivity index (χ4n) is 12.1. The summed E-state index contributed by atoms with van der Waals surface area (Å²) in [5.41, 5.74) is 6.45. The molecule has 0 aliphatic heterocycles. The Hall–Kier alpha value is 0.0800. The summed E-state index contributed by atoms with van der Waals surface area (Å²) in [6.45, 7) is 15.3. The number of rotatable bonds is 6. The van der Waals surface area contributed by atoms with E-state index in [1.54, 1.807) is 77.0 Å². The van der Waals surface area contributed by atoms with Gasteiger partial charge in [-0.25, -0.2) is 0 Å². The van der Waals surface area contributed by atoms with Gasteiger partial charge in [0.25, 0.3) is 0 Å². The Morgan fingerprint density at radius 2 is 0.789 bits per heavy atom. The van der Waals surface area contributed by atoms with Gasteiger partial charge >= 0.3 is 0 Å². The highest BCUT2D eigenvalue weighted by Gasteiger charge is 2.58. The molecular formula is C36H56P2. The zero-order valence-electron chi connectivity index (χ0n) is 25.4. The van der Waals surface area contributed by atoms with Gasteiger partial charge in [0.15, 0.2) is 0 Å². The molecule has 9 rings (SSSR count). The third kappa shape index (κ3) is 4.91. The lowest BCUT2D eigenvalue weighted by Crippen LogP contribution is -2.49. The zero-order chi connectivity index (χ0) is 26.5. The Morgan fingerprint density at radius 3 is 1.03 bits per heavy atom. The lowest BCUT2D eigenvalue weighted by molar-refractivity contribution is -0.0581. The molecule has 0 amide bonds. The molecule has 0 spiro atoms. The third-order valence-corrected chi connectivity index (χ3v) is 16.3. The molecule has 8 bridgehead atoms. The average molecular weight is 551 g/mol. The van der Waals surface area contributed by atoms with Crippen LogP contribution in [0, 0.1) is 46.3 Å². The van der Waals surface area contributed by atoms with Crippen LogP contribution in [-0.2, 0) is 0 Å².